The van der Waals surface area contributed by atoms with Gasteiger partial charge in [-0.25, -0.2) is 11.1 Å². The second-order valence-corrected chi connectivity index (χ2v) is 43.3. The molecule has 0 saturated heterocycles. The third-order valence-corrected chi connectivity index (χ3v) is 37.6. The molecular weight excluding hydrogens is 1200 g/mol. The van der Waals surface area contributed by atoms with Gasteiger partial charge in [0.15, 0.2) is 25.3 Å². The smallest absolute Gasteiger partial charge is 0.290 e. The van der Waals surface area contributed by atoms with Crippen molar-refractivity contribution in [2.75, 3.05) is 77.1 Å². The highest BCUT2D eigenvalue weighted by Crippen LogP contribution is 2.88. The molecule has 21 nitrogen and oxygen atoms in total. The summed E-state index contributed by atoms with van der Waals surface area (Å²) in [6, 6.07) is 0. The Kier molecular flexibility index (Phi) is 52.5. The summed E-state index contributed by atoms with van der Waals surface area (Å²) in [6.07, 6.45) is 0. The summed E-state index contributed by atoms with van der Waals surface area (Å²) in [6.45, 7) is 15.7. The third kappa shape index (κ3) is 34.5. The normalized spacial score (nSPS) is 22.7. The SMILES string of the molecule is CC.CC.CC.CC.CC.CC.CN(C)P(=NP1(Cl)=NP(Cl)(N=NPN=N)=NP(Cl)(N=NPN=N)=N1)(N(C)C)N(C)C.CN(C)P(C)(=N)N(C)C.ClP1(Cl)=NP(Cl)(Cl)=NP(Cl)(Cl)=N1. The minimum atomic E-state index is -3.44. The first-order valence-electron chi connectivity index (χ1n) is 18.6. The Morgan fingerprint density at radius 2 is 0.635 bits per heavy atom. The maximum Gasteiger partial charge on any atom is 0.302 e. The molecule has 2 aliphatic rings. The van der Waals surface area contributed by atoms with Crippen molar-refractivity contribution in [3.63, 3.8) is 0 Å². The lowest BCUT2D eigenvalue weighted by Gasteiger charge is -2.41. The molecule has 0 saturated carbocycles. The van der Waals surface area contributed by atoms with E-state index >= 15 is 0 Å². The van der Waals surface area contributed by atoms with E-state index in [1.807, 2.05) is 184 Å². The van der Waals surface area contributed by atoms with E-state index in [0.29, 0.717) is 0 Å². The average Bonchev–Trinajstić information content (AvgIpc) is 3.16. The summed E-state index contributed by atoms with van der Waals surface area (Å²) < 4.78 is 38.6. The molecule has 3 N–H and O–H groups in total. The first-order valence-corrected chi connectivity index (χ1v) is 42.3. The molecule has 2 aliphatic heterocycles. The Labute approximate surface area is 428 Å². The number of hydrogen-bond donors (Lipinski definition) is 3. The molecule has 5 atom stereocenters. The summed E-state index contributed by atoms with van der Waals surface area (Å²) in [5.41, 5.74) is 13.7. The van der Waals surface area contributed by atoms with Crippen LogP contribution in [0.2, 0.25) is 0 Å². The highest BCUT2D eigenvalue weighted by Gasteiger charge is 2.39. The predicted molar refractivity (Wildman–Crippen MR) is 307 cm³/mol. The van der Waals surface area contributed by atoms with Gasteiger partial charge < -0.3 is 0 Å². The van der Waals surface area contributed by atoms with Crippen molar-refractivity contribution in [2.24, 2.45) is 60.9 Å². The molecule has 0 spiro atoms. The second-order valence-electron chi connectivity index (χ2n) is 9.97. The van der Waals surface area contributed by atoms with Crippen LogP contribution in [0.25, 0.3) is 0 Å². The minimum Gasteiger partial charge on any atom is -0.290 e. The standard InChI is InChI=1S/C6H22Cl3N15P6.C5H16N3P.6C2H6.Cl6N3P3/c1-22(2)30(23(3)4,24(5)6)21-29(9)19-27(7,16-14-25-12-10)18-28(8,20-29)17-15-26-13-11;1-7(2)9(5,6)8(3)4;6*1-2;1-10(2)7-11(3,4)9-12(5,6)8-10/h10-11,25-26H,1-6H3;6H,1-5H3;6*1-2H3;. The maximum absolute atomic E-state index is 7.80. The van der Waals surface area contributed by atoms with Gasteiger partial charge in [-0.3, -0.25) is 28.5 Å². The summed E-state index contributed by atoms with van der Waals surface area (Å²) in [5.74, 6) is -8.72. The van der Waals surface area contributed by atoms with E-state index in [4.69, 9.17) is 122 Å². The van der Waals surface area contributed by atoms with Gasteiger partial charge in [0.1, 0.15) is 0 Å². The molecule has 5 unspecified atom stereocenters. The molecule has 0 aromatic carbocycles. The number of halogens is 9. The van der Waals surface area contributed by atoms with Crippen molar-refractivity contribution < 1.29 is 0 Å². The van der Waals surface area contributed by atoms with Crippen molar-refractivity contribution in [3.05, 3.63) is 0 Å². The van der Waals surface area contributed by atoms with Crippen LogP contribution in [0, 0.1) is 16.2 Å². The van der Waals surface area contributed by atoms with Gasteiger partial charge in [-0.1, -0.05) is 83.1 Å². The molecule has 384 valence electrons. The van der Waals surface area contributed by atoms with Gasteiger partial charge in [-0.05, 0) is 178 Å². The highest BCUT2D eigenvalue weighted by molar-refractivity contribution is 8.26. The van der Waals surface area contributed by atoms with E-state index in [0.717, 1.165) is 0 Å². The molecule has 0 amide bonds. The average molecular weight is 1270 g/mol. The lowest BCUT2D eigenvalue weighted by molar-refractivity contribution is 0.475. The quantitative estimate of drug-likeness (QED) is 0.127. The fourth-order valence-corrected chi connectivity index (χ4v) is 43.0. The van der Waals surface area contributed by atoms with Gasteiger partial charge in [0.2, 0.25) is 0 Å². The summed E-state index contributed by atoms with van der Waals surface area (Å²) in [4.78, 5) is 21.6. The first kappa shape index (κ1) is 80.6. The van der Waals surface area contributed by atoms with Crippen LogP contribution < -0.4 is 0 Å². The van der Waals surface area contributed by atoms with Crippen LogP contribution in [0.15, 0.2) is 60.9 Å². The molecule has 0 aromatic rings. The minimum absolute atomic E-state index is 0.497. The highest BCUT2D eigenvalue weighted by atomic mass is 35.9. The molecular formula is C23H74Cl9N21P10. The van der Waals surface area contributed by atoms with Crippen molar-refractivity contribution in [3.8, 4) is 0 Å². The van der Waals surface area contributed by atoms with Gasteiger partial charge in [-0.2, -0.15) is 41.4 Å². The van der Waals surface area contributed by atoms with Crippen LogP contribution in [0.1, 0.15) is 83.1 Å². The van der Waals surface area contributed by atoms with Crippen molar-refractivity contribution in [1.82, 2.24) is 23.4 Å². The Bertz CT molecular complexity index is 1650. The molecule has 0 aromatic heterocycles. The second kappa shape index (κ2) is 41.0. The largest absolute Gasteiger partial charge is 0.302 e. The van der Waals surface area contributed by atoms with Gasteiger partial charge in [0, 0.05) is 0 Å². The predicted octanol–water partition coefficient (Wildman–Crippen LogP) is 23.9. The zero-order chi connectivity index (χ0) is 52.5. The van der Waals surface area contributed by atoms with Crippen LogP contribution in [-0.2, 0) is 0 Å². The van der Waals surface area contributed by atoms with Crippen LogP contribution in [0.4, 0.5) is 0 Å². The zero-order valence-corrected chi connectivity index (χ0v) is 56.5. The maximum atomic E-state index is 7.80. The lowest BCUT2D eigenvalue weighted by atomic mass is 11.0. The summed E-state index contributed by atoms with van der Waals surface area (Å²) >= 11 is 53.8. The monoisotopic (exact) mass is 1270 g/mol. The Morgan fingerprint density at radius 3 is 0.825 bits per heavy atom. The number of hydrogen-bond acceptors (Lipinski definition) is 16. The van der Waals surface area contributed by atoms with Gasteiger partial charge in [-0.15, -0.1) is 19.5 Å². The summed E-state index contributed by atoms with van der Waals surface area (Å²) in [7, 11) is 13.8. The number of nitrogens with one attached hydrogen (secondary N) is 3. The van der Waals surface area contributed by atoms with Crippen LogP contribution in [0.5, 0.6) is 0 Å². The summed E-state index contributed by atoms with van der Waals surface area (Å²) in [5, 5.41) is 7.80. The Hall–Kier alpha value is 3.51. The molecule has 63 heavy (non-hydrogen) atoms. The molecule has 0 radical (unpaired) electrons. The first-order chi connectivity index (χ1) is 28.8. The molecule has 40 heteroatoms. The van der Waals surface area contributed by atoms with E-state index in [9.17, 15) is 0 Å². The fourth-order valence-electron chi connectivity index (χ4n) is 3.06. The third-order valence-electron chi connectivity index (χ3n) is 5.24. The lowest BCUT2D eigenvalue weighted by Crippen LogP contribution is -2.30. The van der Waals surface area contributed by atoms with Crippen molar-refractivity contribution >= 4 is 172 Å². The Balaban J connectivity index is -0.000000156. The number of nitrogens with zero attached hydrogens (tertiary/aromatic N) is 18. The van der Waals surface area contributed by atoms with E-state index in [1.165, 1.54) is 0 Å². The Morgan fingerprint density at radius 1 is 0.413 bits per heavy atom. The van der Waals surface area contributed by atoms with Gasteiger partial charge in [0.25, 0.3) is 24.4 Å². The van der Waals surface area contributed by atoms with Crippen LogP contribution in [-0.4, -0.2) is 100 Å². The van der Waals surface area contributed by atoms with Crippen LogP contribution >= 0.6 is 172 Å². The molecule has 0 bridgehead atoms. The van der Waals surface area contributed by atoms with Crippen LogP contribution in [0.3, 0.4) is 0 Å². The molecule has 2 rings (SSSR count). The van der Waals surface area contributed by atoms with Gasteiger partial charge in [0.05, 0.1) is 7.36 Å². The molecule has 0 aliphatic carbocycles. The van der Waals surface area contributed by atoms with E-state index in [1.54, 1.807) is 0 Å². The topological polar surface area (TPSA) is 248 Å². The van der Waals surface area contributed by atoms with Gasteiger partial charge >= 0.3 is 13.4 Å². The van der Waals surface area contributed by atoms with E-state index in [-0.39, 0.29) is 0 Å². The fraction of sp³-hybridized carbons (Fsp3) is 1.00. The van der Waals surface area contributed by atoms with Crippen molar-refractivity contribution in [2.45, 2.75) is 83.1 Å². The molecule has 2 heterocycles. The molecule has 0 fully saturated rings. The number of rotatable bonds is 12. The van der Waals surface area contributed by atoms with E-state index in [2.05, 4.69) is 56.4 Å². The van der Waals surface area contributed by atoms with Crippen molar-refractivity contribution in [1.29, 1.82) is 16.2 Å². The zero-order valence-electron chi connectivity index (χ0n) is 40.5. The van der Waals surface area contributed by atoms with E-state index < -0.39 is 70.5 Å².